The Morgan fingerprint density at radius 3 is 2.02 bits per heavy atom. The maximum Gasteiger partial charge on any atom is 0.340 e. The van der Waals surface area contributed by atoms with Crippen LogP contribution in [-0.4, -0.2) is 129 Å². The van der Waals surface area contributed by atoms with Crippen molar-refractivity contribution in [2.75, 3.05) is 13.2 Å². The van der Waals surface area contributed by atoms with E-state index in [1.807, 2.05) is 0 Å². The molecule has 4 heterocycles. The van der Waals surface area contributed by atoms with Crippen molar-refractivity contribution in [1.82, 2.24) is 9.97 Å². The highest BCUT2D eigenvalue weighted by atomic mass is 16.7. The molecule has 334 valence electrons. The van der Waals surface area contributed by atoms with E-state index in [1.54, 1.807) is 0 Å². The molecule has 20 heteroatoms. The second-order valence-corrected chi connectivity index (χ2v) is 16.3. The lowest BCUT2D eigenvalue weighted by Gasteiger charge is -2.67. The van der Waals surface area contributed by atoms with Gasteiger partial charge in [0.25, 0.3) is 0 Å². The summed E-state index contributed by atoms with van der Waals surface area (Å²) in [7, 11) is 0. The van der Waals surface area contributed by atoms with Crippen molar-refractivity contribution < 1.29 is 86.1 Å². The Morgan fingerprint density at radius 1 is 0.806 bits per heavy atom. The Labute approximate surface area is 355 Å². The van der Waals surface area contributed by atoms with Gasteiger partial charge in [-0.05, 0) is 51.0 Å². The van der Waals surface area contributed by atoms with Gasteiger partial charge >= 0.3 is 47.8 Å². The third-order valence-corrected chi connectivity index (χ3v) is 12.0. The molecule has 0 amide bonds. The molecule has 20 nitrogen and oxygen atoms in total. The van der Waals surface area contributed by atoms with Crippen LogP contribution < -0.4 is 0 Å². The average molecular weight is 869 g/mol. The zero-order valence-electron chi connectivity index (χ0n) is 35.3. The lowest BCUT2D eigenvalue weighted by Crippen LogP contribution is -2.89. The second kappa shape index (κ2) is 17.0. The summed E-state index contributed by atoms with van der Waals surface area (Å²) in [5.41, 5.74) is -10.3. The van der Waals surface area contributed by atoms with Crippen molar-refractivity contribution in [3.63, 3.8) is 0 Å². The zero-order chi connectivity index (χ0) is 45.5. The van der Waals surface area contributed by atoms with Crippen LogP contribution in [0.1, 0.15) is 88.2 Å². The summed E-state index contributed by atoms with van der Waals surface area (Å²) in [4.78, 5) is 117. The molecule has 2 aliphatic heterocycles. The fourth-order valence-corrected chi connectivity index (χ4v) is 9.64. The number of nitrogens with zero attached hydrogens (tertiary/aromatic N) is 2. The summed E-state index contributed by atoms with van der Waals surface area (Å²) >= 11 is 0. The predicted octanol–water partition coefficient (Wildman–Crippen LogP) is 1.55. The minimum Gasteiger partial charge on any atom is -0.465 e. The Kier molecular flexibility index (Phi) is 12.5. The van der Waals surface area contributed by atoms with Gasteiger partial charge in [-0.1, -0.05) is 6.92 Å². The molecular weight excluding hydrogens is 820 g/mol. The first-order valence-electron chi connectivity index (χ1n) is 19.8. The van der Waals surface area contributed by atoms with E-state index < -0.39 is 132 Å². The molecule has 6 rings (SSSR count). The third kappa shape index (κ3) is 7.73. The molecular formula is C42H48N2O18. The number of pyridine rings is 2. The number of aryl methyl sites for hydroxylation is 1. The van der Waals surface area contributed by atoms with Gasteiger partial charge in [0, 0.05) is 53.2 Å². The van der Waals surface area contributed by atoms with Crippen LogP contribution >= 0.6 is 0 Å². The van der Waals surface area contributed by atoms with Gasteiger partial charge in [0.05, 0.1) is 28.7 Å². The first-order chi connectivity index (χ1) is 29.1. The fourth-order valence-electron chi connectivity index (χ4n) is 9.64. The van der Waals surface area contributed by atoms with Crippen molar-refractivity contribution in [2.45, 2.75) is 122 Å². The minimum absolute atomic E-state index is 0.0174. The van der Waals surface area contributed by atoms with Crippen LogP contribution in [0.4, 0.5) is 0 Å². The first kappa shape index (κ1) is 45.5. The number of rotatable bonds is 8. The van der Waals surface area contributed by atoms with Gasteiger partial charge in [0.15, 0.2) is 30.0 Å². The number of aliphatic hydroxyl groups is 1. The van der Waals surface area contributed by atoms with Crippen LogP contribution in [0.5, 0.6) is 0 Å². The number of carbonyl (C=O) groups is 8. The molecule has 2 aromatic heterocycles. The molecule has 0 aromatic carbocycles. The number of hydrogen-bond acceptors (Lipinski definition) is 20. The van der Waals surface area contributed by atoms with Crippen LogP contribution in [0.15, 0.2) is 42.9 Å². The molecule has 4 aliphatic rings. The van der Waals surface area contributed by atoms with E-state index in [0.717, 1.165) is 47.7 Å². The zero-order valence-corrected chi connectivity index (χ0v) is 35.3. The van der Waals surface area contributed by atoms with E-state index in [2.05, 4.69) is 9.97 Å². The Hall–Kier alpha value is -6.02. The monoisotopic (exact) mass is 868 g/mol. The highest BCUT2D eigenvalue weighted by Gasteiger charge is 2.92. The lowest BCUT2D eigenvalue weighted by atomic mass is 9.45. The van der Waals surface area contributed by atoms with E-state index in [9.17, 15) is 43.5 Å². The third-order valence-electron chi connectivity index (χ3n) is 12.0. The smallest absolute Gasteiger partial charge is 0.340 e. The molecule has 3 fully saturated rings. The maximum absolute atomic E-state index is 14.4. The standard InChI is InChI=1S/C42H48N2O18/c1-20-13-14-28-27(12-10-16-44-28)38(52)55-18-39(7)29-30(56-22(3)46)34(58-24(5)48)41(19-54-21(2)45)35(59-25(6)49)31(60-37(51)26-11-9-15-43-17-26)33(61-36(20)50)40(8,53)42(41,62-39)32(29)57-23(4)47/h9-12,15-17,20,29-35,53H,13-14,18-19H2,1-8H3/t20-,29+,30+,31+,32-,33-,34+,35-,39+,40+,41+,42-/m1/s1. The Morgan fingerprint density at radius 2 is 1.42 bits per heavy atom. The number of carbonyl (C=O) groups excluding carboxylic acids is 8. The Balaban J connectivity index is 1.77. The second-order valence-electron chi connectivity index (χ2n) is 16.3. The number of aromatic nitrogens is 2. The maximum atomic E-state index is 14.4. The van der Waals surface area contributed by atoms with Gasteiger partial charge in [-0.2, -0.15) is 0 Å². The average Bonchev–Trinajstić information content (AvgIpc) is 3.41. The summed E-state index contributed by atoms with van der Waals surface area (Å²) in [6.45, 7) is 7.08. The van der Waals surface area contributed by atoms with E-state index in [1.165, 1.54) is 50.5 Å². The van der Waals surface area contributed by atoms with E-state index in [0.29, 0.717) is 0 Å². The molecule has 2 aromatic rings. The van der Waals surface area contributed by atoms with E-state index in [4.69, 9.17) is 42.6 Å². The van der Waals surface area contributed by atoms with Gasteiger partial charge < -0.3 is 47.7 Å². The van der Waals surface area contributed by atoms with Crippen LogP contribution in [0.2, 0.25) is 0 Å². The van der Waals surface area contributed by atoms with E-state index >= 15 is 0 Å². The summed E-state index contributed by atoms with van der Waals surface area (Å²) in [6.07, 6.45) is -8.25. The number of fused-ring (bicyclic) bond motifs is 5. The van der Waals surface area contributed by atoms with Crippen LogP contribution in [0, 0.1) is 17.3 Å². The summed E-state index contributed by atoms with van der Waals surface area (Å²) < 4.78 is 55.2. The quantitative estimate of drug-likeness (QED) is 0.291. The van der Waals surface area contributed by atoms with Gasteiger partial charge in [0.2, 0.25) is 0 Å². The molecule has 1 spiro atoms. The predicted molar refractivity (Wildman–Crippen MR) is 203 cm³/mol. The van der Waals surface area contributed by atoms with E-state index in [-0.39, 0.29) is 29.7 Å². The number of cyclic esters (lactones) is 1. The van der Waals surface area contributed by atoms with Crippen molar-refractivity contribution in [3.05, 3.63) is 59.7 Å². The van der Waals surface area contributed by atoms with Gasteiger partial charge in [-0.3, -0.25) is 38.7 Å². The number of hydrogen-bond donors (Lipinski definition) is 1. The first-order valence-corrected chi connectivity index (χ1v) is 19.8. The molecule has 1 saturated heterocycles. The molecule has 2 aliphatic carbocycles. The normalized spacial score (nSPS) is 35.0. The molecule has 0 radical (unpaired) electrons. The Bertz CT molecular complexity index is 2140. The van der Waals surface area contributed by atoms with Crippen molar-refractivity contribution in [3.8, 4) is 0 Å². The van der Waals surface area contributed by atoms with Gasteiger partial charge in [-0.15, -0.1) is 0 Å². The highest BCUT2D eigenvalue weighted by molar-refractivity contribution is 5.91. The summed E-state index contributed by atoms with van der Waals surface area (Å²) in [5.74, 6) is -10.8. The molecule has 62 heavy (non-hydrogen) atoms. The van der Waals surface area contributed by atoms with Crippen LogP contribution in [0.25, 0.3) is 0 Å². The summed E-state index contributed by atoms with van der Waals surface area (Å²) in [6, 6.07) is 5.69. The van der Waals surface area contributed by atoms with Crippen molar-refractivity contribution >= 4 is 47.8 Å². The fraction of sp³-hybridized carbons (Fsp3) is 0.571. The molecule has 0 unspecified atom stereocenters. The molecule has 1 N–H and O–H groups in total. The molecule has 4 bridgehead atoms. The van der Waals surface area contributed by atoms with Crippen LogP contribution in [0.3, 0.4) is 0 Å². The van der Waals surface area contributed by atoms with Crippen molar-refractivity contribution in [2.24, 2.45) is 17.3 Å². The summed E-state index contributed by atoms with van der Waals surface area (Å²) in [5, 5.41) is 13.6. The van der Waals surface area contributed by atoms with Crippen molar-refractivity contribution in [1.29, 1.82) is 0 Å². The topological polar surface area (TPSA) is 266 Å². The molecule has 12 atom stereocenters. The van der Waals surface area contributed by atoms with Gasteiger partial charge in [-0.25, -0.2) is 9.59 Å². The lowest BCUT2D eigenvalue weighted by molar-refractivity contribution is -0.386. The highest BCUT2D eigenvalue weighted by Crippen LogP contribution is 2.70. The molecule has 2 saturated carbocycles. The minimum atomic E-state index is -2.87. The largest absolute Gasteiger partial charge is 0.465 e. The van der Waals surface area contributed by atoms with Crippen LogP contribution in [-0.2, 0) is 77.8 Å². The number of esters is 8. The SMILES string of the molecule is CC(=O)OC[C@]12[C@H](OC(C)=O)[C@@H](OC(=O)c3cccnc3)[C@H]3OC(=O)[C@H](C)CCc4ncccc4C(=O)OC[C@]4(C)O[C@]1([C@H](OC(C)=O)[C@@H]4[C@H](OC(C)=O)[C@@H]2OC(C)=O)[C@@]3(C)O. The van der Waals surface area contributed by atoms with Gasteiger partial charge in [0.1, 0.15) is 42.0 Å². The number of ether oxygens (including phenoxy) is 9.